The van der Waals surface area contributed by atoms with E-state index in [2.05, 4.69) is 21.2 Å². The lowest BCUT2D eigenvalue weighted by atomic mass is 10.1. The monoisotopic (exact) mass is 444 g/mol. The summed E-state index contributed by atoms with van der Waals surface area (Å²) in [4.78, 5) is 38.0. The van der Waals surface area contributed by atoms with Crippen LogP contribution in [0.2, 0.25) is 0 Å². The Kier molecular flexibility index (Phi) is 6.81. The van der Waals surface area contributed by atoms with Gasteiger partial charge in [0, 0.05) is 17.9 Å². The minimum Gasteiger partial charge on any atom is -0.445 e. The third kappa shape index (κ3) is 4.78. The number of alkyl carbamates (subject to hydrolysis) is 1. The molecule has 6 nitrogen and oxygen atoms in total. The van der Waals surface area contributed by atoms with E-state index in [4.69, 9.17) is 4.74 Å². The standard InChI is InChI=1S/C21H21BrN2O4/c22-13-16(23-21(27)28-14-15-7-2-1-3-8-15)9-6-12-24-19(25)17-10-4-5-11-18(17)20(24)26/h1-5,7-8,10-11,16H,6,9,12-14H2,(H,23,27)/t16-/m0/s1. The summed E-state index contributed by atoms with van der Waals surface area (Å²) in [7, 11) is 0. The molecule has 28 heavy (non-hydrogen) atoms. The molecule has 1 aliphatic heterocycles. The van der Waals surface area contributed by atoms with Crippen molar-refractivity contribution in [3.05, 3.63) is 71.3 Å². The molecule has 0 aromatic heterocycles. The molecule has 1 aliphatic rings. The summed E-state index contributed by atoms with van der Waals surface area (Å²) >= 11 is 3.38. The van der Waals surface area contributed by atoms with Crippen LogP contribution in [0.5, 0.6) is 0 Å². The van der Waals surface area contributed by atoms with Gasteiger partial charge in [-0.15, -0.1) is 0 Å². The third-order valence-corrected chi connectivity index (χ3v) is 5.32. The normalized spacial score (nSPS) is 14.0. The Morgan fingerprint density at radius 2 is 1.61 bits per heavy atom. The highest BCUT2D eigenvalue weighted by molar-refractivity contribution is 9.09. The molecule has 0 aliphatic carbocycles. The van der Waals surface area contributed by atoms with E-state index in [1.807, 2.05) is 30.3 Å². The average molecular weight is 445 g/mol. The molecule has 2 aromatic rings. The molecular formula is C21H21BrN2O4. The minimum atomic E-state index is -0.492. The van der Waals surface area contributed by atoms with Gasteiger partial charge in [0.2, 0.25) is 0 Å². The average Bonchev–Trinajstić information content (AvgIpc) is 2.97. The second-order valence-electron chi connectivity index (χ2n) is 6.51. The summed E-state index contributed by atoms with van der Waals surface area (Å²) in [5.74, 6) is -0.516. The number of nitrogens with one attached hydrogen (secondary N) is 1. The Labute approximate surface area is 172 Å². The molecule has 2 aromatic carbocycles. The van der Waals surface area contributed by atoms with Crippen molar-refractivity contribution < 1.29 is 19.1 Å². The molecule has 0 unspecified atom stereocenters. The number of alkyl halides is 1. The number of fused-ring (bicyclic) bond motifs is 1. The van der Waals surface area contributed by atoms with Gasteiger partial charge in [-0.05, 0) is 30.5 Å². The summed E-state index contributed by atoms with van der Waals surface area (Å²) in [5, 5.41) is 3.36. The highest BCUT2D eigenvalue weighted by Crippen LogP contribution is 2.22. The summed E-state index contributed by atoms with van der Waals surface area (Å²) in [6.45, 7) is 0.521. The first-order chi connectivity index (χ1) is 13.6. The summed E-state index contributed by atoms with van der Waals surface area (Å²) < 4.78 is 5.23. The van der Waals surface area contributed by atoms with Crippen molar-refractivity contribution in [1.29, 1.82) is 0 Å². The third-order valence-electron chi connectivity index (χ3n) is 4.53. The Bertz CT molecular complexity index is 821. The van der Waals surface area contributed by atoms with Gasteiger partial charge >= 0.3 is 6.09 Å². The van der Waals surface area contributed by atoms with Crippen LogP contribution in [0.3, 0.4) is 0 Å². The van der Waals surface area contributed by atoms with E-state index < -0.39 is 6.09 Å². The smallest absolute Gasteiger partial charge is 0.407 e. The number of amides is 3. The first-order valence-electron chi connectivity index (χ1n) is 9.08. The van der Waals surface area contributed by atoms with Crippen molar-refractivity contribution >= 4 is 33.8 Å². The summed E-state index contributed by atoms with van der Waals surface area (Å²) in [6.07, 6.45) is 0.703. The van der Waals surface area contributed by atoms with E-state index in [1.54, 1.807) is 24.3 Å². The number of imide groups is 1. The van der Waals surface area contributed by atoms with Crippen molar-refractivity contribution in [3.63, 3.8) is 0 Å². The molecule has 0 radical (unpaired) electrons. The van der Waals surface area contributed by atoms with E-state index in [1.165, 1.54) is 4.90 Å². The lowest BCUT2D eigenvalue weighted by Crippen LogP contribution is -2.37. The summed E-state index contributed by atoms with van der Waals surface area (Å²) in [6, 6.07) is 16.1. The van der Waals surface area contributed by atoms with Gasteiger partial charge in [-0.2, -0.15) is 0 Å². The Hall–Kier alpha value is -2.67. The Morgan fingerprint density at radius 1 is 1.00 bits per heavy atom. The number of halogens is 1. The molecule has 146 valence electrons. The summed E-state index contributed by atoms with van der Waals surface area (Å²) in [5.41, 5.74) is 1.82. The molecule has 3 amide bonds. The zero-order chi connectivity index (χ0) is 19.9. The number of ether oxygens (including phenoxy) is 1. The van der Waals surface area contributed by atoms with Crippen molar-refractivity contribution in [3.8, 4) is 0 Å². The molecule has 0 saturated carbocycles. The molecule has 0 bridgehead atoms. The molecule has 0 fully saturated rings. The largest absolute Gasteiger partial charge is 0.445 e. The lowest BCUT2D eigenvalue weighted by Gasteiger charge is -2.18. The second kappa shape index (κ2) is 9.50. The van der Waals surface area contributed by atoms with Gasteiger partial charge in [0.15, 0.2) is 0 Å². The Balaban J connectivity index is 1.44. The van der Waals surface area contributed by atoms with Crippen LogP contribution in [0.25, 0.3) is 0 Å². The topological polar surface area (TPSA) is 75.7 Å². The maximum absolute atomic E-state index is 12.4. The second-order valence-corrected chi connectivity index (χ2v) is 7.15. The van der Waals surface area contributed by atoms with Crippen LogP contribution in [0.15, 0.2) is 54.6 Å². The fourth-order valence-corrected chi connectivity index (χ4v) is 3.54. The fourth-order valence-electron chi connectivity index (χ4n) is 3.06. The van der Waals surface area contributed by atoms with Crippen LogP contribution < -0.4 is 5.32 Å². The van der Waals surface area contributed by atoms with Gasteiger partial charge in [-0.25, -0.2) is 4.79 Å². The SMILES string of the molecule is O=C(N[C@H](CBr)CCCN1C(=O)c2ccccc2C1=O)OCc1ccccc1. The first kappa shape index (κ1) is 20.1. The molecule has 0 saturated heterocycles. The van der Waals surface area contributed by atoms with Crippen molar-refractivity contribution in [2.45, 2.75) is 25.5 Å². The van der Waals surface area contributed by atoms with Crippen molar-refractivity contribution in [1.82, 2.24) is 10.2 Å². The number of carbonyl (C=O) groups excluding carboxylic acids is 3. The number of hydrogen-bond acceptors (Lipinski definition) is 4. The zero-order valence-electron chi connectivity index (χ0n) is 15.3. The highest BCUT2D eigenvalue weighted by Gasteiger charge is 2.34. The van der Waals surface area contributed by atoms with Crippen LogP contribution in [0, 0.1) is 0 Å². The van der Waals surface area contributed by atoms with Crippen molar-refractivity contribution in [2.24, 2.45) is 0 Å². The van der Waals surface area contributed by atoms with Crippen LogP contribution in [0.1, 0.15) is 39.1 Å². The predicted molar refractivity (Wildman–Crippen MR) is 108 cm³/mol. The maximum atomic E-state index is 12.4. The maximum Gasteiger partial charge on any atom is 0.407 e. The highest BCUT2D eigenvalue weighted by atomic mass is 79.9. The molecule has 0 spiro atoms. The van der Waals surface area contributed by atoms with E-state index in [9.17, 15) is 14.4 Å². The zero-order valence-corrected chi connectivity index (χ0v) is 16.9. The van der Waals surface area contributed by atoms with E-state index in [0.717, 1.165) is 5.56 Å². The Morgan fingerprint density at radius 3 is 2.21 bits per heavy atom. The molecule has 7 heteroatoms. The molecule has 1 heterocycles. The number of benzene rings is 2. The number of rotatable bonds is 8. The van der Waals surface area contributed by atoms with Crippen LogP contribution in [-0.2, 0) is 11.3 Å². The quantitative estimate of drug-likeness (QED) is 0.496. The lowest BCUT2D eigenvalue weighted by molar-refractivity contribution is 0.0649. The molecular weight excluding hydrogens is 424 g/mol. The molecule has 1 atom stereocenters. The van der Waals surface area contributed by atoms with Crippen LogP contribution in [-0.4, -0.2) is 40.7 Å². The molecule has 1 N–H and O–H groups in total. The van der Waals surface area contributed by atoms with E-state index >= 15 is 0 Å². The van der Waals surface area contributed by atoms with Crippen LogP contribution >= 0.6 is 15.9 Å². The fraction of sp³-hybridized carbons (Fsp3) is 0.286. The van der Waals surface area contributed by atoms with Crippen LogP contribution in [0.4, 0.5) is 4.79 Å². The van der Waals surface area contributed by atoms with Gasteiger partial charge in [0.05, 0.1) is 11.1 Å². The van der Waals surface area contributed by atoms with E-state index in [-0.39, 0.29) is 24.5 Å². The van der Waals surface area contributed by atoms with Gasteiger partial charge in [-0.3, -0.25) is 14.5 Å². The number of hydrogen-bond donors (Lipinski definition) is 1. The minimum absolute atomic E-state index is 0.154. The molecule has 3 rings (SSSR count). The van der Waals surface area contributed by atoms with Gasteiger partial charge < -0.3 is 10.1 Å². The first-order valence-corrected chi connectivity index (χ1v) is 10.2. The number of carbonyl (C=O) groups is 3. The van der Waals surface area contributed by atoms with Gasteiger partial charge in [0.1, 0.15) is 6.61 Å². The van der Waals surface area contributed by atoms with Crippen molar-refractivity contribution in [2.75, 3.05) is 11.9 Å². The van der Waals surface area contributed by atoms with Gasteiger partial charge in [-0.1, -0.05) is 58.4 Å². The number of nitrogens with zero attached hydrogens (tertiary/aromatic N) is 1. The van der Waals surface area contributed by atoms with E-state index in [0.29, 0.717) is 35.8 Å². The predicted octanol–water partition coefficient (Wildman–Crippen LogP) is 3.75. The van der Waals surface area contributed by atoms with Gasteiger partial charge in [0.25, 0.3) is 11.8 Å².